The molecule has 0 spiro atoms. The molecule has 0 aliphatic heterocycles. The number of nitrogens with two attached hydrogens (primary N) is 1. The van der Waals surface area contributed by atoms with Gasteiger partial charge in [-0.3, -0.25) is 4.99 Å². The van der Waals surface area contributed by atoms with Crippen LogP contribution in [0.4, 0.5) is 0 Å². The molecule has 44 valence electrons. The summed E-state index contributed by atoms with van der Waals surface area (Å²) in [4.78, 5) is 7.25. The number of rotatable bonds is 2. The van der Waals surface area contributed by atoms with E-state index in [-0.39, 0.29) is 0 Å². The lowest BCUT2D eigenvalue weighted by molar-refractivity contribution is 1.46. The van der Waals surface area contributed by atoms with E-state index in [0.717, 1.165) is 0 Å². The van der Waals surface area contributed by atoms with Crippen LogP contribution in [0.3, 0.4) is 0 Å². The third-order valence-electron chi connectivity index (χ3n) is 0.502. The summed E-state index contributed by atoms with van der Waals surface area (Å²) in [6.45, 7) is 3.35. The van der Waals surface area contributed by atoms with Gasteiger partial charge in [-0.15, -0.1) is 0 Å². The van der Waals surface area contributed by atoms with Crippen molar-refractivity contribution in [2.24, 2.45) is 15.7 Å². The SMILES string of the molecule is C=CN=C(N)C=NC. The Balaban J connectivity index is 3.79. The van der Waals surface area contributed by atoms with E-state index in [1.165, 1.54) is 12.4 Å². The van der Waals surface area contributed by atoms with Gasteiger partial charge in [0.25, 0.3) is 0 Å². The topological polar surface area (TPSA) is 50.7 Å². The summed E-state index contributed by atoms with van der Waals surface area (Å²) in [6, 6.07) is 0. The summed E-state index contributed by atoms with van der Waals surface area (Å²) >= 11 is 0. The summed E-state index contributed by atoms with van der Waals surface area (Å²) in [6.07, 6.45) is 2.83. The number of hydrogen-bond donors (Lipinski definition) is 1. The Bertz CT molecular complexity index is 124. The average Bonchev–Trinajstić information content (AvgIpc) is 1.68. The third kappa shape index (κ3) is 3.08. The maximum Gasteiger partial charge on any atom is 0.141 e. The summed E-state index contributed by atoms with van der Waals surface area (Å²) in [7, 11) is 1.63. The van der Waals surface area contributed by atoms with E-state index in [4.69, 9.17) is 5.73 Å². The standard InChI is InChI=1S/C5H9N3/c1-3-8-5(6)4-7-2/h3-4H,1H2,2H3,(H2,6,8). The molecule has 3 heteroatoms. The normalized spacial score (nSPS) is 12.4. The van der Waals surface area contributed by atoms with Crippen molar-refractivity contribution in [3.63, 3.8) is 0 Å². The Morgan fingerprint density at radius 3 is 2.75 bits per heavy atom. The second-order valence-corrected chi connectivity index (χ2v) is 1.12. The lowest BCUT2D eigenvalue weighted by Gasteiger charge is -1.82. The molecule has 0 rings (SSSR count). The fraction of sp³-hybridized carbons (Fsp3) is 0.200. The van der Waals surface area contributed by atoms with Crippen LogP contribution in [0.1, 0.15) is 0 Å². The molecule has 0 heterocycles. The zero-order valence-electron chi connectivity index (χ0n) is 4.83. The summed E-state index contributed by atoms with van der Waals surface area (Å²) in [5, 5.41) is 0. The van der Waals surface area contributed by atoms with Gasteiger partial charge >= 0.3 is 0 Å². The molecule has 0 atom stereocenters. The summed E-state index contributed by atoms with van der Waals surface area (Å²) in [5.74, 6) is 0.377. The molecule has 0 fully saturated rings. The van der Waals surface area contributed by atoms with Gasteiger partial charge < -0.3 is 5.73 Å². The first-order valence-corrected chi connectivity index (χ1v) is 2.17. The molecule has 0 aliphatic rings. The lowest BCUT2D eigenvalue weighted by atomic mass is 10.6. The van der Waals surface area contributed by atoms with Crippen LogP contribution in [0.15, 0.2) is 22.8 Å². The summed E-state index contributed by atoms with van der Waals surface area (Å²) in [5.41, 5.74) is 5.22. The van der Waals surface area contributed by atoms with Crippen LogP contribution in [0.2, 0.25) is 0 Å². The molecule has 0 unspecified atom stereocenters. The highest BCUT2D eigenvalue weighted by Gasteiger charge is 1.75. The van der Waals surface area contributed by atoms with Crippen LogP contribution in [-0.4, -0.2) is 19.1 Å². The minimum absolute atomic E-state index is 0.377. The fourth-order valence-electron chi connectivity index (χ4n) is 0.271. The maximum absolute atomic E-state index is 5.22. The van der Waals surface area contributed by atoms with Gasteiger partial charge in [-0.05, 0) is 0 Å². The van der Waals surface area contributed by atoms with E-state index in [9.17, 15) is 0 Å². The predicted molar refractivity (Wildman–Crippen MR) is 36.2 cm³/mol. The maximum atomic E-state index is 5.22. The van der Waals surface area contributed by atoms with Crippen LogP contribution in [0.5, 0.6) is 0 Å². The highest BCUT2D eigenvalue weighted by molar-refractivity contribution is 6.28. The minimum atomic E-state index is 0.377. The van der Waals surface area contributed by atoms with E-state index in [1.54, 1.807) is 7.05 Å². The first-order chi connectivity index (χ1) is 3.81. The first kappa shape index (κ1) is 6.88. The molecule has 8 heavy (non-hydrogen) atoms. The number of hydrogen-bond acceptors (Lipinski definition) is 2. The van der Waals surface area contributed by atoms with E-state index in [0.29, 0.717) is 5.84 Å². The van der Waals surface area contributed by atoms with Crippen molar-refractivity contribution in [1.29, 1.82) is 0 Å². The van der Waals surface area contributed by atoms with E-state index in [2.05, 4.69) is 16.6 Å². The molecule has 0 saturated carbocycles. The molecule has 3 nitrogen and oxygen atoms in total. The van der Waals surface area contributed by atoms with Crippen LogP contribution >= 0.6 is 0 Å². The van der Waals surface area contributed by atoms with Crippen molar-refractivity contribution in [1.82, 2.24) is 0 Å². The van der Waals surface area contributed by atoms with E-state index >= 15 is 0 Å². The molecule has 0 aromatic rings. The van der Waals surface area contributed by atoms with Gasteiger partial charge in [0.1, 0.15) is 5.84 Å². The Morgan fingerprint density at radius 1 is 1.75 bits per heavy atom. The van der Waals surface area contributed by atoms with Gasteiger partial charge in [-0.1, -0.05) is 6.58 Å². The minimum Gasteiger partial charge on any atom is -0.382 e. The second kappa shape index (κ2) is 4.05. The van der Waals surface area contributed by atoms with Gasteiger partial charge in [0.05, 0.1) is 6.21 Å². The zero-order valence-corrected chi connectivity index (χ0v) is 4.83. The molecule has 0 aliphatic carbocycles. The molecule has 0 aromatic carbocycles. The van der Waals surface area contributed by atoms with Crippen LogP contribution in [-0.2, 0) is 0 Å². The zero-order chi connectivity index (χ0) is 6.41. The molecular formula is C5H9N3. The molecule has 0 saturated heterocycles. The van der Waals surface area contributed by atoms with Crippen LogP contribution in [0, 0.1) is 0 Å². The molecule has 0 radical (unpaired) electrons. The summed E-state index contributed by atoms with van der Waals surface area (Å²) < 4.78 is 0. The highest BCUT2D eigenvalue weighted by Crippen LogP contribution is 1.65. The Labute approximate surface area is 48.6 Å². The lowest BCUT2D eigenvalue weighted by Crippen LogP contribution is -2.11. The van der Waals surface area contributed by atoms with E-state index in [1.807, 2.05) is 0 Å². The van der Waals surface area contributed by atoms with Crippen molar-refractivity contribution in [3.8, 4) is 0 Å². The molecular weight excluding hydrogens is 102 g/mol. The first-order valence-electron chi connectivity index (χ1n) is 2.17. The van der Waals surface area contributed by atoms with Gasteiger partial charge in [-0.2, -0.15) is 0 Å². The molecule has 0 aromatic heterocycles. The van der Waals surface area contributed by atoms with Crippen molar-refractivity contribution in [2.75, 3.05) is 7.05 Å². The van der Waals surface area contributed by atoms with Gasteiger partial charge in [0.2, 0.25) is 0 Å². The Morgan fingerprint density at radius 2 is 2.38 bits per heavy atom. The Kier molecular flexibility index (Phi) is 3.48. The van der Waals surface area contributed by atoms with Crippen molar-refractivity contribution < 1.29 is 0 Å². The molecule has 0 amide bonds. The van der Waals surface area contributed by atoms with Crippen molar-refractivity contribution >= 4 is 12.1 Å². The monoisotopic (exact) mass is 111 g/mol. The molecule has 0 bridgehead atoms. The van der Waals surface area contributed by atoms with Gasteiger partial charge in [0, 0.05) is 13.2 Å². The third-order valence-corrected chi connectivity index (χ3v) is 0.502. The van der Waals surface area contributed by atoms with Gasteiger partial charge in [-0.25, -0.2) is 4.99 Å². The number of nitrogens with zero attached hydrogens (tertiary/aromatic N) is 2. The van der Waals surface area contributed by atoms with Crippen molar-refractivity contribution in [2.45, 2.75) is 0 Å². The average molecular weight is 111 g/mol. The second-order valence-electron chi connectivity index (χ2n) is 1.12. The molecule has 2 N–H and O–H groups in total. The fourth-order valence-corrected chi connectivity index (χ4v) is 0.271. The smallest absolute Gasteiger partial charge is 0.141 e. The number of amidine groups is 1. The Hall–Kier alpha value is -1.12. The van der Waals surface area contributed by atoms with Crippen LogP contribution < -0.4 is 5.73 Å². The van der Waals surface area contributed by atoms with Crippen molar-refractivity contribution in [3.05, 3.63) is 12.8 Å². The van der Waals surface area contributed by atoms with Crippen LogP contribution in [0.25, 0.3) is 0 Å². The largest absolute Gasteiger partial charge is 0.382 e. The quantitative estimate of drug-likeness (QED) is 0.401. The highest BCUT2D eigenvalue weighted by atomic mass is 14.8. The number of aliphatic imine (C=N–C) groups is 2. The van der Waals surface area contributed by atoms with E-state index < -0.39 is 0 Å². The van der Waals surface area contributed by atoms with Gasteiger partial charge in [0.15, 0.2) is 0 Å². The predicted octanol–water partition coefficient (Wildman–Crippen LogP) is 0.188.